The molecule has 0 spiro atoms. The number of nitrogens with one attached hydrogen (secondary N) is 1. The maximum atomic E-state index is 9.00. The fourth-order valence-corrected chi connectivity index (χ4v) is 2.56. The maximum absolute atomic E-state index is 9.00. The number of hydrogen-bond donors (Lipinski definition) is 2. The second kappa shape index (κ2) is 7.49. The molecule has 3 nitrogen and oxygen atoms in total. The molecule has 2 aliphatic rings. The molecule has 1 saturated heterocycles. The maximum Gasteiger partial charge on any atom is 0.0558 e. The Hall–Kier alpha value is 0.170. The standard InChI is InChI=1S/C12H24N2O.ClH/c15-10-9-14(12-1-2-12)8-5-11-3-6-13-7-4-11;/h11-13,15H,1-10H2;1H. The second-order valence-electron chi connectivity index (χ2n) is 4.97. The average molecular weight is 249 g/mol. The van der Waals surface area contributed by atoms with Gasteiger partial charge in [0, 0.05) is 12.6 Å². The van der Waals surface area contributed by atoms with Crippen molar-refractivity contribution < 1.29 is 5.11 Å². The molecule has 2 rings (SSSR count). The van der Waals surface area contributed by atoms with E-state index in [0.717, 1.165) is 18.5 Å². The lowest BCUT2D eigenvalue weighted by Crippen LogP contribution is -2.34. The summed E-state index contributed by atoms with van der Waals surface area (Å²) >= 11 is 0. The zero-order valence-corrected chi connectivity index (χ0v) is 10.8. The van der Waals surface area contributed by atoms with Crippen LogP contribution in [0.15, 0.2) is 0 Å². The van der Waals surface area contributed by atoms with Crippen molar-refractivity contribution in [2.24, 2.45) is 5.92 Å². The topological polar surface area (TPSA) is 35.5 Å². The fraction of sp³-hybridized carbons (Fsp3) is 1.00. The predicted octanol–water partition coefficient (Wildman–Crippen LogP) is 1.25. The summed E-state index contributed by atoms with van der Waals surface area (Å²) in [6, 6.07) is 0.805. The fourth-order valence-electron chi connectivity index (χ4n) is 2.56. The van der Waals surface area contributed by atoms with Crippen LogP contribution >= 0.6 is 12.4 Å². The third-order valence-electron chi connectivity index (χ3n) is 3.73. The molecule has 0 atom stereocenters. The van der Waals surface area contributed by atoms with E-state index in [9.17, 15) is 0 Å². The first-order valence-electron chi connectivity index (χ1n) is 6.46. The normalized spacial score (nSPS) is 22.1. The molecule has 1 saturated carbocycles. The summed E-state index contributed by atoms with van der Waals surface area (Å²) in [5.41, 5.74) is 0. The van der Waals surface area contributed by atoms with E-state index in [-0.39, 0.29) is 12.4 Å². The molecule has 0 bridgehead atoms. The van der Waals surface area contributed by atoms with Crippen LogP contribution in [0.1, 0.15) is 32.1 Å². The zero-order valence-electron chi connectivity index (χ0n) is 10.0. The van der Waals surface area contributed by atoms with E-state index in [1.54, 1.807) is 0 Å². The molecule has 0 aromatic heterocycles. The van der Waals surface area contributed by atoms with Crippen molar-refractivity contribution >= 4 is 12.4 Å². The van der Waals surface area contributed by atoms with Gasteiger partial charge in [0.05, 0.1) is 6.61 Å². The van der Waals surface area contributed by atoms with E-state index < -0.39 is 0 Å². The van der Waals surface area contributed by atoms with Gasteiger partial charge in [-0.05, 0) is 57.7 Å². The number of rotatable bonds is 6. The molecule has 96 valence electrons. The van der Waals surface area contributed by atoms with Crippen LogP contribution in [0.4, 0.5) is 0 Å². The largest absolute Gasteiger partial charge is 0.395 e. The van der Waals surface area contributed by atoms with Gasteiger partial charge in [-0.25, -0.2) is 0 Å². The zero-order chi connectivity index (χ0) is 10.5. The van der Waals surface area contributed by atoms with Crippen molar-refractivity contribution in [2.45, 2.75) is 38.1 Å². The number of hydrogen-bond acceptors (Lipinski definition) is 3. The first-order valence-corrected chi connectivity index (χ1v) is 6.46. The van der Waals surface area contributed by atoms with Gasteiger partial charge in [0.25, 0.3) is 0 Å². The number of nitrogens with zero attached hydrogens (tertiary/aromatic N) is 1. The van der Waals surface area contributed by atoms with E-state index in [2.05, 4.69) is 10.2 Å². The monoisotopic (exact) mass is 248 g/mol. The minimum absolute atomic E-state index is 0. The molecule has 2 fully saturated rings. The highest BCUT2D eigenvalue weighted by Gasteiger charge is 2.28. The number of piperidine rings is 1. The van der Waals surface area contributed by atoms with Gasteiger partial charge in [0.15, 0.2) is 0 Å². The van der Waals surface area contributed by atoms with Crippen LogP contribution < -0.4 is 5.32 Å². The van der Waals surface area contributed by atoms with Gasteiger partial charge in [0.2, 0.25) is 0 Å². The van der Waals surface area contributed by atoms with Crippen LogP contribution in [0.25, 0.3) is 0 Å². The summed E-state index contributed by atoms with van der Waals surface area (Å²) < 4.78 is 0. The summed E-state index contributed by atoms with van der Waals surface area (Å²) in [5, 5.41) is 12.4. The third-order valence-corrected chi connectivity index (χ3v) is 3.73. The molecule has 16 heavy (non-hydrogen) atoms. The van der Waals surface area contributed by atoms with Crippen molar-refractivity contribution in [3.8, 4) is 0 Å². The van der Waals surface area contributed by atoms with Gasteiger partial charge >= 0.3 is 0 Å². The van der Waals surface area contributed by atoms with Crippen LogP contribution in [-0.2, 0) is 0 Å². The Morgan fingerprint density at radius 3 is 2.31 bits per heavy atom. The molecule has 0 aromatic carbocycles. The van der Waals surface area contributed by atoms with E-state index in [4.69, 9.17) is 5.11 Å². The molecular formula is C12H25ClN2O. The highest BCUT2D eigenvalue weighted by Crippen LogP contribution is 2.27. The first kappa shape index (κ1) is 14.2. The van der Waals surface area contributed by atoms with E-state index in [1.807, 2.05) is 0 Å². The Bertz CT molecular complexity index is 182. The minimum Gasteiger partial charge on any atom is -0.395 e. The van der Waals surface area contributed by atoms with Crippen molar-refractivity contribution in [1.82, 2.24) is 10.2 Å². The quantitative estimate of drug-likeness (QED) is 0.743. The Morgan fingerprint density at radius 2 is 1.75 bits per heavy atom. The van der Waals surface area contributed by atoms with Gasteiger partial charge in [0.1, 0.15) is 0 Å². The second-order valence-corrected chi connectivity index (χ2v) is 4.97. The smallest absolute Gasteiger partial charge is 0.0558 e. The van der Waals surface area contributed by atoms with Crippen LogP contribution in [0, 0.1) is 5.92 Å². The van der Waals surface area contributed by atoms with Crippen LogP contribution in [0.3, 0.4) is 0 Å². The lowest BCUT2D eigenvalue weighted by Gasteiger charge is -2.26. The van der Waals surface area contributed by atoms with E-state index >= 15 is 0 Å². The summed E-state index contributed by atoms with van der Waals surface area (Å²) in [4.78, 5) is 2.49. The summed E-state index contributed by atoms with van der Waals surface area (Å²) in [6.07, 6.45) is 6.73. The van der Waals surface area contributed by atoms with Gasteiger partial charge in [-0.1, -0.05) is 0 Å². The highest BCUT2D eigenvalue weighted by atomic mass is 35.5. The Kier molecular flexibility index (Phi) is 6.66. The lowest BCUT2D eigenvalue weighted by atomic mass is 9.94. The number of aliphatic hydroxyl groups is 1. The first-order chi connectivity index (χ1) is 7.40. The molecule has 0 unspecified atom stereocenters. The third kappa shape index (κ3) is 4.58. The number of aliphatic hydroxyl groups excluding tert-OH is 1. The average Bonchev–Trinajstić information content (AvgIpc) is 3.09. The van der Waals surface area contributed by atoms with Crippen molar-refractivity contribution in [3.05, 3.63) is 0 Å². The van der Waals surface area contributed by atoms with Crippen molar-refractivity contribution in [1.29, 1.82) is 0 Å². The molecule has 2 N–H and O–H groups in total. The van der Waals surface area contributed by atoms with Gasteiger partial charge < -0.3 is 10.4 Å². The van der Waals surface area contributed by atoms with Gasteiger partial charge in [-0.3, -0.25) is 4.90 Å². The molecule has 1 aliphatic carbocycles. The SMILES string of the molecule is Cl.OCCN(CCC1CCNCC1)C1CC1. The highest BCUT2D eigenvalue weighted by molar-refractivity contribution is 5.85. The van der Waals surface area contributed by atoms with Gasteiger partial charge in [-0.15, -0.1) is 12.4 Å². The molecule has 1 aliphatic heterocycles. The lowest BCUT2D eigenvalue weighted by molar-refractivity contribution is 0.175. The van der Waals surface area contributed by atoms with Crippen LogP contribution in [0.5, 0.6) is 0 Å². The molecule has 0 radical (unpaired) electrons. The van der Waals surface area contributed by atoms with Crippen molar-refractivity contribution in [2.75, 3.05) is 32.8 Å². The Morgan fingerprint density at radius 1 is 1.06 bits per heavy atom. The molecule has 1 heterocycles. The summed E-state index contributed by atoms with van der Waals surface area (Å²) in [6.45, 7) is 4.82. The van der Waals surface area contributed by atoms with Gasteiger partial charge in [-0.2, -0.15) is 0 Å². The number of halogens is 1. The molecule has 0 amide bonds. The van der Waals surface area contributed by atoms with Crippen LogP contribution in [-0.4, -0.2) is 48.8 Å². The Balaban J connectivity index is 0.00000128. The predicted molar refractivity (Wildman–Crippen MR) is 69.1 cm³/mol. The van der Waals surface area contributed by atoms with Crippen molar-refractivity contribution in [3.63, 3.8) is 0 Å². The minimum atomic E-state index is 0. The molecule has 4 heteroatoms. The Labute approximate surface area is 105 Å². The molecule has 0 aromatic rings. The van der Waals surface area contributed by atoms with Crippen LogP contribution in [0.2, 0.25) is 0 Å². The van der Waals surface area contributed by atoms with E-state index in [0.29, 0.717) is 6.61 Å². The molecular weight excluding hydrogens is 224 g/mol. The summed E-state index contributed by atoms with van der Waals surface area (Å²) in [5.74, 6) is 0.922. The van der Waals surface area contributed by atoms with E-state index in [1.165, 1.54) is 51.7 Å². The summed E-state index contributed by atoms with van der Waals surface area (Å²) in [7, 11) is 0.